The van der Waals surface area contributed by atoms with Crippen LogP contribution in [0.1, 0.15) is 26.2 Å². The summed E-state index contributed by atoms with van der Waals surface area (Å²) in [4.78, 5) is 49.5. The van der Waals surface area contributed by atoms with Gasteiger partial charge in [-0.3, -0.25) is 24.6 Å². The van der Waals surface area contributed by atoms with Gasteiger partial charge in [-0.2, -0.15) is 0 Å². The molecular formula is C12H17N3O4. The maximum Gasteiger partial charge on any atom is 0.331 e. The van der Waals surface area contributed by atoms with Gasteiger partial charge in [-0.25, -0.2) is 4.79 Å². The first-order chi connectivity index (χ1) is 9.04. The lowest BCUT2D eigenvalue weighted by molar-refractivity contribution is -0.146. The summed E-state index contributed by atoms with van der Waals surface area (Å²) in [6, 6.07) is -0.799. The summed E-state index contributed by atoms with van der Waals surface area (Å²) in [5.74, 6) is -2.28. The molecule has 1 atom stereocenters. The Labute approximate surface area is 110 Å². The number of urea groups is 1. The number of amides is 5. The number of carbonyl (C=O) groups excluding carboxylic acids is 4. The van der Waals surface area contributed by atoms with Crippen molar-refractivity contribution >= 4 is 23.8 Å². The van der Waals surface area contributed by atoms with E-state index in [1.807, 2.05) is 0 Å². The van der Waals surface area contributed by atoms with E-state index < -0.39 is 23.8 Å². The van der Waals surface area contributed by atoms with E-state index in [9.17, 15) is 19.2 Å². The summed E-state index contributed by atoms with van der Waals surface area (Å²) in [7, 11) is 0. The topological polar surface area (TPSA) is 86.8 Å². The normalized spacial score (nSPS) is 23.8. The van der Waals surface area contributed by atoms with Gasteiger partial charge in [-0.15, -0.1) is 0 Å². The minimum absolute atomic E-state index is 0.245. The fourth-order valence-corrected chi connectivity index (χ4v) is 2.37. The van der Waals surface area contributed by atoms with Gasteiger partial charge in [0.2, 0.25) is 17.7 Å². The van der Waals surface area contributed by atoms with Crippen molar-refractivity contribution in [1.82, 2.24) is 15.1 Å². The van der Waals surface area contributed by atoms with E-state index in [1.165, 1.54) is 0 Å². The molecule has 0 saturated carbocycles. The number of likely N-dealkylation sites (tertiary alicyclic amines) is 1. The van der Waals surface area contributed by atoms with E-state index in [-0.39, 0.29) is 12.5 Å². The average molecular weight is 267 g/mol. The Morgan fingerprint density at radius 1 is 1.26 bits per heavy atom. The van der Waals surface area contributed by atoms with Crippen molar-refractivity contribution in [3.63, 3.8) is 0 Å². The molecule has 0 aromatic carbocycles. The number of hydrogen-bond acceptors (Lipinski definition) is 4. The summed E-state index contributed by atoms with van der Waals surface area (Å²) >= 11 is 0. The van der Waals surface area contributed by atoms with Gasteiger partial charge >= 0.3 is 6.03 Å². The van der Waals surface area contributed by atoms with Crippen molar-refractivity contribution in [3.05, 3.63) is 0 Å². The lowest BCUT2D eigenvalue weighted by Crippen LogP contribution is -2.59. The summed E-state index contributed by atoms with van der Waals surface area (Å²) in [6.07, 6.45) is 2.20. The van der Waals surface area contributed by atoms with Gasteiger partial charge in [0.15, 0.2) is 0 Å². The van der Waals surface area contributed by atoms with E-state index >= 15 is 0 Å². The SMILES string of the molecule is CCC1C(=O)NC(=O)N(CC(=O)N2CCCC2)C1=O. The Hall–Kier alpha value is -1.92. The summed E-state index contributed by atoms with van der Waals surface area (Å²) in [6.45, 7) is 2.74. The molecule has 7 heteroatoms. The Balaban J connectivity index is 2.05. The van der Waals surface area contributed by atoms with E-state index in [1.54, 1.807) is 11.8 Å². The van der Waals surface area contributed by atoms with Gasteiger partial charge in [0.25, 0.3) is 0 Å². The zero-order valence-corrected chi connectivity index (χ0v) is 10.8. The van der Waals surface area contributed by atoms with Crippen LogP contribution in [0.5, 0.6) is 0 Å². The van der Waals surface area contributed by atoms with Crippen LogP contribution in [0.2, 0.25) is 0 Å². The van der Waals surface area contributed by atoms with E-state index in [4.69, 9.17) is 0 Å². The fraction of sp³-hybridized carbons (Fsp3) is 0.667. The number of carbonyl (C=O) groups is 4. The average Bonchev–Trinajstić information content (AvgIpc) is 2.88. The number of barbiturate groups is 1. The molecule has 0 aromatic heterocycles. The second-order valence-corrected chi connectivity index (χ2v) is 4.77. The highest BCUT2D eigenvalue weighted by Crippen LogP contribution is 2.15. The number of nitrogens with one attached hydrogen (secondary N) is 1. The second-order valence-electron chi connectivity index (χ2n) is 4.77. The first-order valence-corrected chi connectivity index (χ1v) is 6.48. The van der Waals surface area contributed by atoms with Crippen LogP contribution in [0.15, 0.2) is 0 Å². The van der Waals surface area contributed by atoms with Crippen molar-refractivity contribution in [2.75, 3.05) is 19.6 Å². The van der Waals surface area contributed by atoms with Crippen molar-refractivity contribution in [2.45, 2.75) is 26.2 Å². The summed E-state index contributed by atoms with van der Waals surface area (Å²) < 4.78 is 0. The lowest BCUT2D eigenvalue weighted by Gasteiger charge is -2.30. The Morgan fingerprint density at radius 2 is 1.89 bits per heavy atom. The van der Waals surface area contributed by atoms with Gasteiger partial charge in [0.05, 0.1) is 0 Å². The first kappa shape index (κ1) is 13.5. The highest BCUT2D eigenvalue weighted by Gasteiger charge is 2.40. The minimum Gasteiger partial charge on any atom is -0.341 e. The summed E-state index contributed by atoms with van der Waals surface area (Å²) in [5.41, 5.74) is 0. The Bertz CT molecular complexity index is 429. The standard InChI is InChI=1S/C12H17N3O4/c1-2-8-10(17)13-12(19)15(11(8)18)7-9(16)14-5-3-4-6-14/h8H,2-7H2,1H3,(H,13,17,19). The van der Waals surface area contributed by atoms with Crippen molar-refractivity contribution in [1.29, 1.82) is 0 Å². The van der Waals surface area contributed by atoms with Gasteiger partial charge < -0.3 is 4.90 Å². The molecule has 2 fully saturated rings. The molecular weight excluding hydrogens is 250 g/mol. The van der Waals surface area contributed by atoms with E-state index in [2.05, 4.69) is 5.32 Å². The first-order valence-electron chi connectivity index (χ1n) is 6.48. The third-order valence-electron chi connectivity index (χ3n) is 3.52. The predicted octanol–water partition coefficient (Wildman–Crippen LogP) is -0.287. The molecule has 2 saturated heterocycles. The monoisotopic (exact) mass is 267 g/mol. The minimum atomic E-state index is -0.871. The third kappa shape index (κ3) is 2.59. The maximum atomic E-state index is 12.0. The van der Waals surface area contributed by atoms with Crippen LogP contribution in [0.4, 0.5) is 4.79 Å². The second kappa shape index (κ2) is 5.38. The number of rotatable bonds is 3. The van der Waals surface area contributed by atoms with E-state index in [0.29, 0.717) is 19.5 Å². The molecule has 0 radical (unpaired) electrons. The molecule has 0 bridgehead atoms. The molecule has 2 aliphatic rings. The molecule has 0 aromatic rings. The molecule has 0 aliphatic carbocycles. The van der Waals surface area contributed by atoms with Gasteiger partial charge in [-0.1, -0.05) is 6.92 Å². The molecule has 2 rings (SSSR count). The lowest BCUT2D eigenvalue weighted by atomic mass is 10.0. The smallest absolute Gasteiger partial charge is 0.331 e. The van der Waals surface area contributed by atoms with Gasteiger partial charge in [0, 0.05) is 13.1 Å². The molecule has 2 aliphatic heterocycles. The van der Waals surface area contributed by atoms with Crippen LogP contribution in [-0.4, -0.2) is 53.2 Å². The van der Waals surface area contributed by atoms with Crippen LogP contribution in [0.25, 0.3) is 0 Å². The molecule has 0 spiro atoms. The molecule has 19 heavy (non-hydrogen) atoms. The van der Waals surface area contributed by atoms with Crippen LogP contribution >= 0.6 is 0 Å². The van der Waals surface area contributed by atoms with Crippen molar-refractivity contribution in [2.24, 2.45) is 5.92 Å². The molecule has 1 unspecified atom stereocenters. The van der Waals surface area contributed by atoms with Crippen LogP contribution in [0, 0.1) is 5.92 Å². The number of hydrogen-bond donors (Lipinski definition) is 1. The molecule has 7 nitrogen and oxygen atoms in total. The van der Waals surface area contributed by atoms with Gasteiger partial charge in [0.1, 0.15) is 12.5 Å². The summed E-state index contributed by atoms with van der Waals surface area (Å²) in [5, 5.41) is 2.11. The third-order valence-corrected chi connectivity index (χ3v) is 3.52. The zero-order valence-electron chi connectivity index (χ0n) is 10.8. The van der Waals surface area contributed by atoms with Crippen LogP contribution in [-0.2, 0) is 14.4 Å². The molecule has 2 heterocycles. The predicted molar refractivity (Wildman–Crippen MR) is 64.8 cm³/mol. The van der Waals surface area contributed by atoms with Crippen molar-refractivity contribution in [3.8, 4) is 0 Å². The molecule has 104 valence electrons. The highest BCUT2D eigenvalue weighted by atomic mass is 16.2. The maximum absolute atomic E-state index is 12.0. The largest absolute Gasteiger partial charge is 0.341 e. The van der Waals surface area contributed by atoms with E-state index in [0.717, 1.165) is 17.7 Å². The quantitative estimate of drug-likeness (QED) is 0.712. The zero-order chi connectivity index (χ0) is 14.0. The van der Waals surface area contributed by atoms with Gasteiger partial charge in [-0.05, 0) is 19.3 Å². The fourth-order valence-electron chi connectivity index (χ4n) is 2.37. The molecule has 1 N–H and O–H groups in total. The number of nitrogens with zero attached hydrogens (tertiary/aromatic N) is 2. The van der Waals surface area contributed by atoms with Crippen LogP contribution < -0.4 is 5.32 Å². The highest BCUT2D eigenvalue weighted by molar-refractivity contribution is 6.17. The molecule has 5 amide bonds. The number of imide groups is 2. The van der Waals surface area contributed by atoms with Crippen molar-refractivity contribution < 1.29 is 19.2 Å². The van der Waals surface area contributed by atoms with Crippen LogP contribution in [0.3, 0.4) is 0 Å². The Kier molecular flexibility index (Phi) is 3.82. The Morgan fingerprint density at radius 3 is 2.47 bits per heavy atom.